The van der Waals surface area contributed by atoms with Crippen molar-refractivity contribution in [3.63, 3.8) is 0 Å². The van der Waals surface area contributed by atoms with Crippen LogP contribution in [0.4, 0.5) is 0 Å². The summed E-state index contributed by atoms with van der Waals surface area (Å²) in [5.74, 6) is 0. The Hall–Kier alpha value is -5.52. The number of nitrogens with one attached hydrogen (secondary N) is 2. The number of methoxy groups -OCH3 is 1. The molecule has 3 aliphatic heterocycles. The van der Waals surface area contributed by atoms with Gasteiger partial charge in [0.25, 0.3) is 0 Å². The fraction of sp³-hybridized carbons (Fsp3) is 0.0526. The van der Waals surface area contributed by atoms with E-state index >= 15 is 0 Å². The molecular weight excluding hydrogens is 528 g/mol. The first-order valence-corrected chi connectivity index (χ1v) is 14.4. The van der Waals surface area contributed by atoms with Gasteiger partial charge in [-0.05, 0) is 65.3 Å². The van der Waals surface area contributed by atoms with Crippen LogP contribution in [0.5, 0.6) is 0 Å². The highest BCUT2D eigenvalue weighted by atomic mass is 16.5. The van der Waals surface area contributed by atoms with Gasteiger partial charge in [0, 0.05) is 29.6 Å². The molecule has 0 radical (unpaired) electrons. The number of rotatable bonds is 4. The second-order valence-electron chi connectivity index (χ2n) is 10.7. The fourth-order valence-corrected chi connectivity index (χ4v) is 6.34. The number of allylic oxidation sites excluding steroid dienone is 4. The van der Waals surface area contributed by atoms with Crippen molar-refractivity contribution >= 4 is 22.6 Å². The third-order valence-corrected chi connectivity index (χ3v) is 8.34. The monoisotopic (exact) mass is 556 g/mol. The summed E-state index contributed by atoms with van der Waals surface area (Å²) >= 11 is 0. The van der Waals surface area contributed by atoms with Crippen LogP contribution in [-0.4, -0.2) is 28.5 Å². The van der Waals surface area contributed by atoms with Crippen molar-refractivity contribution < 1.29 is 4.74 Å². The predicted octanol–water partition coefficient (Wildman–Crippen LogP) is 7.84. The number of aromatic nitrogens is 2. The minimum atomic E-state index is -0.934. The molecule has 0 saturated carbocycles. The van der Waals surface area contributed by atoms with Crippen molar-refractivity contribution in [3.8, 4) is 0 Å². The summed E-state index contributed by atoms with van der Waals surface area (Å²) in [6.07, 6.45) is 8.27. The molecule has 0 amide bonds. The van der Waals surface area contributed by atoms with E-state index in [4.69, 9.17) is 14.7 Å². The lowest BCUT2D eigenvalue weighted by Gasteiger charge is -2.32. The van der Waals surface area contributed by atoms with Gasteiger partial charge in [-0.3, -0.25) is 0 Å². The van der Waals surface area contributed by atoms with Crippen LogP contribution in [0.1, 0.15) is 39.5 Å². The van der Waals surface area contributed by atoms with Gasteiger partial charge in [-0.1, -0.05) is 91.0 Å². The molecule has 5 nitrogen and oxygen atoms in total. The molecule has 0 spiro atoms. The maximum atomic E-state index is 6.57. The van der Waals surface area contributed by atoms with E-state index in [1.54, 1.807) is 7.11 Å². The minimum Gasteiger partial charge on any atom is -0.361 e. The van der Waals surface area contributed by atoms with Crippen LogP contribution in [0, 0.1) is 0 Å². The van der Waals surface area contributed by atoms with E-state index in [1.807, 2.05) is 30.3 Å². The zero-order chi connectivity index (χ0) is 28.8. The Bertz CT molecular complexity index is 1910. The first-order chi connectivity index (χ1) is 21.2. The molecule has 0 fully saturated rings. The van der Waals surface area contributed by atoms with Gasteiger partial charge in [0.2, 0.25) is 0 Å². The molecule has 206 valence electrons. The lowest BCUT2D eigenvalue weighted by Crippen LogP contribution is -2.32. The lowest BCUT2D eigenvalue weighted by molar-refractivity contribution is 0.0519. The molecule has 8 rings (SSSR count). The zero-order valence-corrected chi connectivity index (χ0v) is 23.6. The summed E-state index contributed by atoms with van der Waals surface area (Å²) in [6, 6.07) is 39.6. The van der Waals surface area contributed by atoms with Gasteiger partial charge in [-0.25, -0.2) is 9.98 Å². The van der Waals surface area contributed by atoms with Crippen molar-refractivity contribution in [3.05, 3.63) is 190 Å². The number of ether oxygens (including phenoxy) is 1. The van der Waals surface area contributed by atoms with Crippen molar-refractivity contribution in [2.24, 2.45) is 9.98 Å². The van der Waals surface area contributed by atoms with Crippen molar-refractivity contribution in [2.45, 2.75) is 5.60 Å². The highest BCUT2D eigenvalue weighted by molar-refractivity contribution is 6.52. The number of hydrogen-bond acceptors (Lipinski definition) is 3. The van der Waals surface area contributed by atoms with Crippen molar-refractivity contribution in [2.75, 3.05) is 7.11 Å². The summed E-state index contributed by atoms with van der Waals surface area (Å²) in [5.41, 5.74) is 11.4. The largest absolute Gasteiger partial charge is 0.361 e. The second-order valence-corrected chi connectivity index (χ2v) is 10.7. The van der Waals surface area contributed by atoms with Gasteiger partial charge in [-0.2, -0.15) is 0 Å². The van der Waals surface area contributed by atoms with E-state index in [-0.39, 0.29) is 0 Å². The van der Waals surface area contributed by atoms with E-state index in [1.165, 1.54) is 0 Å². The number of nitrogens with zero attached hydrogens (tertiary/aromatic N) is 2. The van der Waals surface area contributed by atoms with Crippen LogP contribution in [0.2, 0.25) is 0 Å². The molecular formula is C38H28N4O. The molecule has 0 saturated heterocycles. The topological polar surface area (TPSA) is 65.5 Å². The number of aromatic amines is 2. The zero-order valence-electron chi connectivity index (χ0n) is 23.6. The number of H-pyrrole nitrogens is 2. The van der Waals surface area contributed by atoms with Gasteiger partial charge in [0.1, 0.15) is 0 Å². The summed E-state index contributed by atoms with van der Waals surface area (Å²) in [5, 5.41) is 0. The predicted molar refractivity (Wildman–Crippen MR) is 173 cm³/mol. The van der Waals surface area contributed by atoms with Crippen LogP contribution in [0.15, 0.2) is 161 Å². The molecule has 0 unspecified atom stereocenters. The number of hydrogen-bond donors (Lipinski definition) is 2. The smallest absolute Gasteiger partial charge is 0.172 e. The number of benzene rings is 3. The summed E-state index contributed by atoms with van der Waals surface area (Å²) in [4.78, 5) is 17.8. The average Bonchev–Trinajstić information content (AvgIpc) is 3.89. The quantitative estimate of drug-likeness (QED) is 0.233. The fourth-order valence-electron chi connectivity index (χ4n) is 6.34. The van der Waals surface area contributed by atoms with E-state index in [0.717, 1.165) is 73.4 Å². The molecule has 5 aromatic rings. The maximum Gasteiger partial charge on any atom is 0.172 e. The van der Waals surface area contributed by atoms with E-state index in [2.05, 4.69) is 119 Å². The third kappa shape index (κ3) is 4.05. The van der Waals surface area contributed by atoms with E-state index < -0.39 is 5.60 Å². The van der Waals surface area contributed by atoms with Crippen LogP contribution >= 0.6 is 0 Å². The minimum absolute atomic E-state index is 0.839. The molecule has 2 aromatic heterocycles. The Kier molecular flexibility index (Phi) is 5.91. The molecule has 2 N–H and O–H groups in total. The highest BCUT2D eigenvalue weighted by Crippen LogP contribution is 2.42. The lowest BCUT2D eigenvalue weighted by atomic mass is 9.87. The summed E-state index contributed by atoms with van der Waals surface area (Å²) in [7, 11) is 1.77. The Balaban J connectivity index is 1.46. The molecule has 43 heavy (non-hydrogen) atoms. The summed E-state index contributed by atoms with van der Waals surface area (Å²) < 4.78 is 6.57. The van der Waals surface area contributed by atoms with Crippen molar-refractivity contribution in [1.29, 1.82) is 0 Å². The number of fused-ring (bicyclic) bond motifs is 7. The maximum absolute atomic E-state index is 6.57. The van der Waals surface area contributed by atoms with Gasteiger partial charge >= 0.3 is 0 Å². The van der Waals surface area contributed by atoms with Gasteiger partial charge in [0.15, 0.2) is 5.60 Å². The second kappa shape index (κ2) is 10.1. The third-order valence-electron chi connectivity index (χ3n) is 8.34. The van der Waals surface area contributed by atoms with E-state index in [0.29, 0.717) is 0 Å². The normalized spacial score (nSPS) is 20.0. The van der Waals surface area contributed by atoms with Gasteiger partial charge < -0.3 is 14.7 Å². The Morgan fingerprint density at radius 2 is 0.953 bits per heavy atom. The average molecular weight is 557 g/mol. The Morgan fingerprint density at radius 1 is 0.512 bits per heavy atom. The van der Waals surface area contributed by atoms with Crippen LogP contribution in [0.3, 0.4) is 0 Å². The van der Waals surface area contributed by atoms with Gasteiger partial charge in [0.05, 0.1) is 34.2 Å². The Labute approximate surface area is 250 Å². The molecule has 3 aliphatic rings. The first-order valence-electron chi connectivity index (χ1n) is 14.4. The molecule has 3 aromatic carbocycles. The molecule has 8 bridgehead atoms. The Morgan fingerprint density at radius 3 is 1.40 bits per heavy atom. The highest BCUT2D eigenvalue weighted by Gasteiger charge is 2.40. The SMILES string of the molecule is COC1(c2ccccc2)c2ccc([nH]2)/C(c2ccccc2)=C2/C=CC(=N2)C2=N/C(=C(/c3ccccc3)c3ccc1[nH]3)C=C2. The van der Waals surface area contributed by atoms with Crippen molar-refractivity contribution in [1.82, 2.24) is 9.97 Å². The van der Waals surface area contributed by atoms with E-state index in [9.17, 15) is 0 Å². The standard InChI is InChI=1S/C38H28N4O/c1-43-38(27-15-9-4-10-16-27)34-23-21-32(41-34)36(25-11-5-2-6-12-25)30-19-17-28(39-30)29-18-20-31(40-29)37(26-13-7-3-8-14-26)33-22-24-35(38)42-33/h2-24,41-42H,1H3/b36-30-,37-31-. The first kappa shape index (κ1) is 25.2. The van der Waals surface area contributed by atoms with Crippen LogP contribution < -0.4 is 0 Å². The molecule has 5 heteroatoms. The molecule has 0 aliphatic carbocycles. The number of aliphatic imine (C=N–C) groups is 2. The van der Waals surface area contributed by atoms with Crippen LogP contribution in [0.25, 0.3) is 11.1 Å². The molecule has 0 atom stereocenters. The van der Waals surface area contributed by atoms with Gasteiger partial charge in [-0.15, -0.1) is 0 Å². The molecule has 5 heterocycles. The summed E-state index contributed by atoms with van der Waals surface area (Å²) in [6.45, 7) is 0. The van der Waals surface area contributed by atoms with Crippen LogP contribution in [-0.2, 0) is 10.3 Å².